The third kappa shape index (κ3) is 3.84. The second-order valence-corrected chi connectivity index (χ2v) is 7.72. The molecule has 2 amide bonds. The molecule has 1 aromatic carbocycles. The van der Waals surface area contributed by atoms with E-state index in [1.165, 1.54) is 19.3 Å². The van der Waals surface area contributed by atoms with Crippen molar-refractivity contribution >= 4 is 22.9 Å². The van der Waals surface area contributed by atoms with Gasteiger partial charge in [0.2, 0.25) is 5.91 Å². The molecule has 0 spiro atoms. The van der Waals surface area contributed by atoms with Gasteiger partial charge in [-0.15, -0.1) is 0 Å². The summed E-state index contributed by atoms with van der Waals surface area (Å²) in [5, 5.41) is 0. The summed E-state index contributed by atoms with van der Waals surface area (Å²) < 4.78 is 5.49. The Morgan fingerprint density at radius 2 is 1.74 bits per heavy atom. The van der Waals surface area contributed by atoms with Crippen LogP contribution in [0, 0.1) is 12.8 Å². The first kappa shape index (κ1) is 18.0. The number of benzene rings is 1. The lowest BCUT2D eigenvalue weighted by molar-refractivity contribution is -0.136. The first-order valence-electron chi connectivity index (χ1n) is 10.1. The molecular formula is C21H27N3O3. The summed E-state index contributed by atoms with van der Waals surface area (Å²) in [6, 6.07) is 5.40. The fraction of sp³-hybridized carbons (Fsp3) is 0.571. The second kappa shape index (κ2) is 7.71. The molecule has 2 aliphatic rings. The van der Waals surface area contributed by atoms with Gasteiger partial charge in [0, 0.05) is 44.6 Å². The molecule has 4 rings (SSSR count). The van der Waals surface area contributed by atoms with Crippen LogP contribution in [0.1, 0.15) is 54.8 Å². The number of carbonyl (C=O) groups is 2. The van der Waals surface area contributed by atoms with Gasteiger partial charge in [-0.25, -0.2) is 4.98 Å². The highest BCUT2D eigenvalue weighted by Gasteiger charge is 2.28. The van der Waals surface area contributed by atoms with E-state index in [4.69, 9.17) is 4.42 Å². The molecule has 6 heteroatoms. The van der Waals surface area contributed by atoms with Crippen LogP contribution in [-0.4, -0.2) is 52.8 Å². The first-order chi connectivity index (χ1) is 13.1. The van der Waals surface area contributed by atoms with E-state index in [-0.39, 0.29) is 11.8 Å². The molecule has 1 aliphatic carbocycles. The van der Waals surface area contributed by atoms with E-state index >= 15 is 0 Å². The van der Waals surface area contributed by atoms with E-state index < -0.39 is 0 Å². The predicted molar refractivity (Wildman–Crippen MR) is 102 cm³/mol. The van der Waals surface area contributed by atoms with E-state index in [2.05, 4.69) is 4.98 Å². The predicted octanol–water partition coefficient (Wildman–Crippen LogP) is 3.39. The van der Waals surface area contributed by atoms with Crippen molar-refractivity contribution in [3.05, 3.63) is 29.7 Å². The topological polar surface area (TPSA) is 66.7 Å². The molecule has 144 valence electrons. The molecule has 1 aliphatic heterocycles. The number of amides is 2. The number of hydrogen-bond donors (Lipinski definition) is 0. The van der Waals surface area contributed by atoms with Gasteiger partial charge in [0.25, 0.3) is 5.91 Å². The lowest BCUT2D eigenvalue weighted by atomic mass is 9.88. The maximum absolute atomic E-state index is 12.9. The van der Waals surface area contributed by atoms with Crippen molar-refractivity contribution in [3.63, 3.8) is 0 Å². The second-order valence-electron chi connectivity index (χ2n) is 7.72. The molecule has 27 heavy (non-hydrogen) atoms. The molecule has 0 N–H and O–H groups in total. The third-order valence-electron chi connectivity index (χ3n) is 5.79. The zero-order valence-corrected chi connectivity index (χ0v) is 15.9. The van der Waals surface area contributed by atoms with Gasteiger partial charge in [0.15, 0.2) is 11.5 Å². The SMILES string of the molecule is Cc1nc2cc(C(=O)N3CCCN(C(=O)C4CCCCC4)CC3)ccc2o1. The molecule has 1 saturated heterocycles. The van der Waals surface area contributed by atoms with E-state index in [1.807, 2.05) is 9.80 Å². The Morgan fingerprint density at radius 1 is 1.00 bits per heavy atom. The molecular weight excluding hydrogens is 342 g/mol. The van der Waals surface area contributed by atoms with Crippen molar-refractivity contribution in [2.45, 2.75) is 45.4 Å². The third-order valence-corrected chi connectivity index (χ3v) is 5.79. The molecule has 2 heterocycles. The van der Waals surface area contributed by atoms with Gasteiger partial charge in [0.1, 0.15) is 5.52 Å². The molecule has 2 fully saturated rings. The van der Waals surface area contributed by atoms with Crippen LogP contribution in [0.3, 0.4) is 0 Å². The van der Waals surface area contributed by atoms with Crippen LogP contribution < -0.4 is 0 Å². The van der Waals surface area contributed by atoms with Crippen LogP contribution >= 0.6 is 0 Å². The Kier molecular flexibility index (Phi) is 5.14. The minimum absolute atomic E-state index is 0.00418. The lowest BCUT2D eigenvalue weighted by Gasteiger charge is -2.28. The quantitative estimate of drug-likeness (QED) is 0.814. The van der Waals surface area contributed by atoms with Crippen molar-refractivity contribution in [2.24, 2.45) is 5.92 Å². The van der Waals surface area contributed by atoms with E-state index in [1.54, 1.807) is 25.1 Å². The number of carbonyl (C=O) groups excluding carboxylic acids is 2. The largest absolute Gasteiger partial charge is 0.441 e. The van der Waals surface area contributed by atoms with Crippen LogP contribution in [0.2, 0.25) is 0 Å². The number of oxazole rings is 1. The van der Waals surface area contributed by atoms with E-state index in [0.717, 1.165) is 25.8 Å². The maximum atomic E-state index is 12.9. The zero-order chi connectivity index (χ0) is 18.8. The van der Waals surface area contributed by atoms with Gasteiger partial charge in [-0.3, -0.25) is 9.59 Å². The molecule has 0 radical (unpaired) electrons. The summed E-state index contributed by atoms with van der Waals surface area (Å²) in [5.74, 6) is 1.09. The van der Waals surface area contributed by atoms with Crippen molar-refractivity contribution in [1.82, 2.24) is 14.8 Å². The Labute approximate surface area is 159 Å². The monoisotopic (exact) mass is 369 g/mol. The summed E-state index contributed by atoms with van der Waals surface area (Å²) in [7, 11) is 0. The number of nitrogens with zero attached hydrogens (tertiary/aromatic N) is 3. The molecule has 1 saturated carbocycles. The molecule has 6 nitrogen and oxygen atoms in total. The minimum atomic E-state index is 0.00418. The lowest BCUT2D eigenvalue weighted by Crippen LogP contribution is -2.40. The van der Waals surface area contributed by atoms with Gasteiger partial charge < -0.3 is 14.2 Å². The number of rotatable bonds is 2. The number of fused-ring (bicyclic) bond motifs is 1. The van der Waals surface area contributed by atoms with Crippen molar-refractivity contribution in [3.8, 4) is 0 Å². The standard InChI is InChI=1S/C21H27N3O3/c1-15-22-18-14-17(8-9-19(18)27-15)21(26)24-11-5-10-23(12-13-24)20(25)16-6-3-2-4-7-16/h8-9,14,16H,2-7,10-13H2,1H3. The smallest absolute Gasteiger partial charge is 0.253 e. The summed E-state index contributed by atoms with van der Waals surface area (Å²) in [5.41, 5.74) is 2.04. The fourth-order valence-corrected chi connectivity index (χ4v) is 4.31. The molecule has 1 aromatic heterocycles. The highest BCUT2D eigenvalue weighted by Crippen LogP contribution is 2.26. The van der Waals surface area contributed by atoms with E-state index in [9.17, 15) is 9.59 Å². The van der Waals surface area contributed by atoms with Crippen LogP contribution in [0.25, 0.3) is 11.1 Å². The van der Waals surface area contributed by atoms with Crippen LogP contribution in [0.4, 0.5) is 0 Å². The fourth-order valence-electron chi connectivity index (χ4n) is 4.31. The average Bonchev–Trinajstić information content (AvgIpc) is 2.90. The minimum Gasteiger partial charge on any atom is -0.441 e. The van der Waals surface area contributed by atoms with Gasteiger partial charge in [-0.1, -0.05) is 19.3 Å². The zero-order valence-electron chi connectivity index (χ0n) is 15.9. The Bertz CT molecular complexity index is 838. The van der Waals surface area contributed by atoms with Crippen molar-refractivity contribution in [2.75, 3.05) is 26.2 Å². The average molecular weight is 369 g/mol. The molecule has 0 atom stereocenters. The van der Waals surface area contributed by atoms with Crippen LogP contribution in [0.15, 0.2) is 22.6 Å². The summed E-state index contributed by atoms with van der Waals surface area (Å²) >= 11 is 0. The number of aromatic nitrogens is 1. The van der Waals surface area contributed by atoms with Crippen molar-refractivity contribution in [1.29, 1.82) is 0 Å². The highest BCUT2D eigenvalue weighted by atomic mass is 16.3. The summed E-state index contributed by atoms with van der Waals surface area (Å²) in [4.78, 5) is 33.9. The normalized spacial score (nSPS) is 19.3. The summed E-state index contributed by atoms with van der Waals surface area (Å²) in [6.07, 6.45) is 6.46. The summed E-state index contributed by atoms with van der Waals surface area (Å²) in [6.45, 7) is 4.46. The molecule has 2 aromatic rings. The Hall–Kier alpha value is -2.37. The van der Waals surface area contributed by atoms with Crippen LogP contribution in [0.5, 0.6) is 0 Å². The first-order valence-corrected chi connectivity index (χ1v) is 10.1. The molecule has 0 bridgehead atoms. The number of aryl methyl sites for hydroxylation is 1. The Balaban J connectivity index is 1.42. The maximum Gasteiger partial charge on any atom is 0.253 e. The van der Waals surface area contributed by atoms with Crippen LogP contribution in [-0.2, 0) is 4.79 Å². The van der Waals surface area contributed by atoms with E-state index in [0.29, 0.717) is 48.1 Å². The highest BCUT2D eigenvalue weighted by molar-refractivity contribution is 5.97. The van der Waals surface area contributed by atoms with Gasteiger partial charge in [-0.05, 0) is 37.5 Å². The molecule has 0 unspecified atom stereocenters. The van der Waals surface area contributed by atoms with Gasteiger partial charge in [0.05, 0.1) is 0 Å². The number of hydrogen-bond acceptors (Lipinski definition) is 4. The van der Waals surface area contributed by atoms with Gasteiger partial charge in [-0.2, -0.15) is 0 Å². The van der Waals surface area contributed by atoms with Crippen molar-refractivity contribution < 1.29 is 14.0 Å². The Morgan fingerprint density at radius 3 is 2.56 bits per heavy atom. The van der Waals surface area contributed by atoms with Gasteiger partial charge >= 0.3 is 0 Å².